The molecule has 3 heterocycles. The van der Waals surface area contributed by atoms with E-state index in [0.717, 1.165) is 25.7 Å². The Labute approximate surface area is 108 Å². The van der Waals surface area contributed by atoms with Crippen LogP contribution in [-0.2, 0) is 14.9 Å². The molecule has 0 aromatic carbocycles. The predicted octanol–water partition coefficient (Wildman–Crippen LogP) is -0.449. The maximum absolute atomic E-state index is 12.6. The summed E-state index contributed by atoms with van der Waals surface area (Å²) in [6.07, 6.45) is 2.67. The summed E-state index contributed by atoms with van der Waals surface area (Å²) in [6, 6.07) is -0.122. The van der Waals surface area contributed by atoms with Crippen LogP contribution in [0.15, 0.2) is 0 Å². The smallest absolute Gasteiger partial charge is 0.282 e. The van der Waals surface area contributed by atoms with E-state index in [1.54, 1.807) is 4.31 Å². The van der Waals surface area contributed by atoms with E-state index in [2.05, 4.69) is 0 Å². The van der Waals surface area contributed by atoms with E-state index in [0.29, 0.717) is 26.3 Å². The molecule has 2 bridgehead atoms. The molecule has 0 amide bonds. The number of aliphatic hydroxyl groups excluding tert-OH is 1. The highest BCUT2D eigenvalue weighted by molar-refractivity contribution is 7.86. The fourth-order valence-corrected chi connectivity index (χ4v) is 5.40. The molecule has 3 aliphatic heterocycles. The van der Waals surface area contributed by atoms with Gasteiger partial charge in [-0.05, 0) is 25.7 Å². The maximum Gasteiger partial charge on any atom is 0.282 e. The van der Waals surface area contributed by atoms with E-state index in [1.807, 2.05) is 0 Å². The fourth-order valence-electron chi connectivity index (χ4n) is 3.35. The number of rotatable bonds is 2. The largest absolute Gasteiger partial charge is 0.391 e. The van der Waals surface area contributed by atoms with Crippen molar-refractivity contribution in [3.8, 4) is 0 Å². The first-order valence-electron chi connectivity index (χ1n) is 6.65. The van der Waals surface area contributed by atoms with Gasteiger partial charge >= 0.3 is 0 Å². The molecule has 3 rings (SSSR count). The minimum atomic E-state index is -3.43. The molecule has 0 aromatic rings. The Morgan fingerprint density at radius 1 is 1.06 bits per heavy atom. The van der Waals surface area contributed by atoms with Gasteiger partial charge in [-0.1, -0.05) is 0 Å². The predicted molar refractivity (Wildman–Crippen MR) is 65.2 cm³/mol. The number of fused-ring (bicyclic) bond motifs is 2. The van der Waals surface area contributed by atoms with Crippen LogP contribution in [0.3, 0.4) is 0 Å². The second-order valence-electron chi connectivity index (χ2n) is 5.29. The Morgan fingerprint density at radius 3 is 2.44 bits per heavy atom. The SMILES string of the molecule is O=S(=O)(N1CCOCC1)N1C2CCC(O)[C@@H]1CC2. The maximum atomic E-state index is 12.6. The summed E-state index contributed by atoms with van der Waals surface area (Å²) in [5.74, 6) is 0. The molecule has 0 spiro atoms. The Hall–Kier alpha value is -0.210. The fraction of sp³-hybridized carbons (Fsp3) is 1.00. The third-order valence-corrected chi connectivity index (χ3v) is 6.40. The molecule has 18 heavy (non-hydrogen) atoms. The summed E-state index contributed by atoms with van der Waals surface area (Å²) in [5, 5.41) is 9.98. The van der Waals surface area contributed by atoms with E-state index in [-0.39, 0.29) is 12.1 Å². The van der Waals surface area contributed by atoms with Crippen molar-refractivity contribution in [1.29, 1.82) is 0 Å². The summed E-state index contributed by atoms with van der Waals surface area (Å²) >= 11 is 0. The van der Waals surface area contributed by atoms with Gasteiger partial charge in [-0.25, -0.2) is 0 Å². The van der Waals surface area contributed by atoms with Crippen molar-refractivity contribution in [3.63, 3.8) is 0 Å². The molecule has 0 radical (unpaired) electrons. The highest BCUT2D eigenvalue weighted by Gasteiger charge is 2.49. The van der Waals surface area contributed by atoms with Crippen molar-refractivity contribution in [2.45, 2.75) is 43.9 Å². The molecule has 3 atom stereocenters. The molecule has 6 nitrogen and oxygen atoms in total. The van der Waals surface area contributed by atoms with Crippen molar-refractivity contribution in [1.82, 2.24) is 8.61 Å². The third kappa shape index (κ3) is 1.98. The number of morpholine rings is 1. The Morgan fingerprint density at radius 2 is 1.72 bits per heavy atom. The van der Waals surface area contributed by atoms with E-state index in [1.165, 1.54) is 4.31 Å². The van der Waals surface area contributed by atoms with Crippen LogP contribution >= 0.6 is 0 Å². The van der Waals surface area contributed by atoms with Gasteiger partial charge in [0.15, 0.2) is 0 Å². The molecular formula is C11H20N2O4S. The first-order valence-corrected chi connectivity index (χ1v) is 8.05. The zero-order valence-corrected chi connectivity index (χ0v) is 11.2. The van der Waals surface area contributed by atoms with Crippen molar-refractivity contribution < 1.29 is 18.3 Å². The first kappa shape index (κ1) is 12.8. The zero-order chi connectivity index (χ0) is 12.8. The molecule has 2 unspecified atom stereocenters. The molecule has 104 valence electrons. The minimum Gasteiger partial charge on any atom is -0.391 e. The van der Waals surface area contributed by atoms with E-state index in [4.69, 9.17) is 4.74 Å². The molecule has 1 N–H and O–H groups in total. The second kappa shape index (κ2) is 4.72. The quantitative estimate of drug-likeness (QED) is 0.742. The lowest BCUT2D eigenvalue weighted by Crippen LogP contribution is -2.56. The molecule has 3 aliphatic rings. The van der Waals surface area contributed by atoms with E-state index < -0.39 is 16.3 Å². The van der Waals surface area contributed by atoms with Crippen molar-refractivity contribution in [2.75, 3.05) is 26.3 Å². The summed E-state index contributed by atoms with van der Waals surface area (Å²) in [7, 11) is -3.43. The van der Waals surface area contributed by atoms with Gasteiger partial charge in [-0.3, -0.25) is 0 Å². The van der Waals surface area contributed by atoms with Gasteiger partial charge in [-0.2, -0.15) is 17.0 Å². The van der Waals surface area contributed by atoms with Crippen LogP contribution in [0.25, 0.3) is 0 Å². The van der Waals surface area contributed by atoms with Crippen LogP contribution < -0.4 is 0 Å². The number of hydrogen-bond acceptors (Lipinski definition) is 4. The number of nitrogens with zero attached hydrogens (tertiary/aromatic N) is 2. The topological polar surface area (TPSA) is 70.1 Å². The highest BCUT2D eigenvalue weighted by Crippen LogP contribution is 2.38. The highest BCUT2D eigenvalue weighted by atomic mass is 32.2. The number of piperidine rings is 1. The van der Waals surface area contributed by atoms with Gasteiger partial charge in [0.2, 0.25) is 0 Å². The van der Waals surface area contributed by atoms with Gasteiger partial charge in [0.25, 0.3) is 10.2 Å². The molecule has 3 fully saturated rings. The monoisotopic (exact) mass is 276 g/mol. The average molecular weight is 276 g/mol. The van der Waals surface area contributed by atoms with Gasteiger partial charge in [0.1, 0.15) is 0 Å². The minimum absolute atomic E-state index is 0.0891. The number of aliphatic hydroxyl groups is 1. The summed E-state index contributed by atoms with van der Waals surface area (Å²) in [6.45, 7) is 1.78. The summed E-state index contributed by atoms with van der Waals surface area (Å²) in [5.41, 5.74) is 0. The third-order valence-electron chi connectivity index (χ3n) is 4.28. The number of hydrogen-bond donors (Lipinski definition) is 1. The molecule has 0 aromatic heterocycles. The van der Waals surface area contributed by atoms with Crippen LogP contribution in [-0.4, -0.2) is 66.6 Å². The first-order chi connectivity index (χ1) is 8.60. The van der Waals surface area contributed by atoms with Crippen molar-refractivity contribution in [3.05, 3.63) is 0 Å². The molecule has 7 heteroatoms. The Kier molecular flexibility index (Phi) is 3.36. The van der Waals surface area contributed by atoms with Crippen molar-refractivity contribution in [2.24, 2.45) is 0 Å². The van der Waals surface area contributed by atoms with Crippen LogP contribution in [0.5, 0.6) is 0 Å². The van der Waals surface area contributed by atoms with Crippen LogP contribution in [0.4, 0.5) is 0 Å². The normalized spacial score (nSPS) is 39.1. The molecule has 0 saturated carbocycles. The lowest BCUT2D eigenvalue weighted by atomic mass is 10.0. The lowest BCUT2D eigenvalue weighted by Gasteiger charge is -2.40. The van der Waals surface area contributed by atoms with Crippen LogP contribution in [0.2, 0.25) is 0 Å². The van der Waals surface area contributed by atoms with Crippen molar-refractivity contribution >= 4 is 10.2 Å². The van der Waals surface area contributed by atoms with Gasteiger partial charge in [0, 0.05) is 19.1 Å². The number of ether oxygens (including phenoxy) is 1. The summed E-state index contributed by atoms with van der Waals surface area (Å²) in [4.78, 5) is 0. The van der Waals surface area contributed by atoms with Crippen LogP contribution in [0.1, 0.15) is 25.7 Å². The van der Waals surface area contributed by atoms with E-state index >= 15 is 0 Å². The van der Waals surface area contributed by atoms with Gasteiger partial charge in [0.05, 0.1) is 25.4 Å². The molecule has 3 saturated heterocycles. The Bertz CT molecular complexity index is 407. The summed E-state index contributed by atoms with van der Waals surface area (Å²) < 4.78 is 33.5. The molecular weight excluding hydrogens is 256 g/mol. The average Bonchev–Trinajstić information content (AvgIpc) is 2.73. The lowest BCUT2D eigenvalue weighted by molar-refractivity contribution is 0.0438. The second-order valence-corrected chi connectivity index (χ2v) is 7.13. The standard InChI is InChI=1S/C11H20N2O4S/c14-11-4-2-9-1-3-10(11)13(9)18(15,16)12-5-7-17-8-6-12/h9-11,14H,1-8H2/t9?,10-,11?/m0/s1. The van der Waals surface area contributed by atoms with Gasteiger partial charge < -0.3 is 9.84 Å². The van der Waals surface area contributed by atoms with E-state index in [9.17, 15) is 13.5 Å². The van der Waals surface area contributed by atoms with Gasteiger partial charge in [-0.15, -0.1) is 0 Å². The molecule has 0 aliphatic carbocycles. The Balaban J connectivity index is 1.84. The van der Waals surface area contributed by atoms with Crippen LogP contribution in [0, 0.1) is 0 Å². The zero-order valence-electron chi connectivity index (χ0n) is 10.4.